The van der Waals surface area contributed by atoms with Crippen molar-refractivity contribution in [2.24, 2.45) is 5.92 Å². The molecule has 3 heterocycles. The van der Waals surface area contributed by atoms with Gasteiger partial charge in [-0.25, -0.2) is 9.97 Å². The van der Waals surface area contributed by atoms with Crippen LogP contribution in [0.25, 0.3) is 11.0 Å². The first-order valence-corrected chi connectivity index (χ1v) is 10.8. The van der Waals surface area contributed by atoms with Gasteiger partial charge in [-0.15, -0.1) is 0 Å². The molecular weight excluding hydrogens is 437 g/mol. The lowest BCUT2D eigenvalue weighted by Gasteiger charge is -2.31. The number of hydrogen-bond acceptors (Lipinski definition) is 4. The standard InChI is InChI=1S/C22H25F3N6O2/c1-14-26-6-10-30(14)11-7-27-19(32)12-15-4-8-31(9-5-15)20(33)16-2-3-17-18(13-16)29-21(28-17)22(23,24)25/h2-3,6,10,13,15H,4-5,7-9,11-12H2,1H3,(H,27,32)(H,28,29). The summed E-state index contributed by atoms with van der Waals surface area (Å²) in [5, 5.41) is 2.93. The highest BCUT2D eigenvalue weighted by atomic mass is 19.4. The molecule has 33 heavy (non-hydrogen) atoms. The maximum Gasteiger partial charge on any atom is 0.449 e. The zero-order valence-electron chi connectivity index (χ0n) is 18.2. The van der Waals surface area contributed by atoms with Gasteiger partial charge in [0, 0.05) is 50.6 Å². The van der Waals surface area contributed by atoms with E-state index in [0.29, 0.717) is 51.0 Å². The fourth-order valence-corrected chi connectivity index (χ4v) is 4.09. The van der Waals surface area contributed by atoms with Crippen molar-refractivity contribution in [3.05, 3.63) is 47.8 Å². The summed E-state index contributed by atoms with van der Waals surface area (Å²) in [6.07, 6.45) is 0.822. The molecule has 1 aromatic carbocycles. The van der Waals surface area contributed by atoms with Gasteiger partial charge in [-0.1, -0.05) is 0 Å². The predicted octanol–water partition coefficient (Wildman–Crippen LogP) is 3.15. The number of rotatable bonds is 6. The molecule has 0 atom stereocenters. The monoisotopic (exact) mass is 462 g/mol. The first kappa shape index (κ1) is 22.8. The molecule has 1 aliphatic rings. The van der Waals surface area contributed by atoms with Gasteiger partial charge in [0.05, 0.1) is 11.0 Å². The third kappa shape index (κ3) is 5.35. The van der Waals surface area contributed by atoms with Crippen LogP contribution in [0.3, 0.4) is 0 Å². The molecular formula is C22H25F3N6O2. The van der Waals surface area contributed by atoms with E-state index in [1.807, 2.05) is 17.7 Å². The number of halogens is 3. The van der Waals surface area contributed by atoms with Crippen molar-refractivity contribution in [2.45, 2.75) is 38.9 Å². The van der Waals surface area contributed by atoms with Crippen molar-refractivity contribution in [1.82, 2.24) is 29.7 Å². The smallest absolute Gasteiger partial charge is 0.354 e. The summed E-state index contributed by atoms with van der Waals surface area (Å²) in [6, 6.07) is 4.31. The molecule has 0 spiro atoms. The Morgan fingerprint density at radius 3 is 2.67 bits per heavy atom. The van der Waals surface area contributed by atoms with Crippen LogP contribution in [-0.4, -0.2) is 55.9 Å². The number of carbonyl (C=O) groups excluding carboxylic acids is 2. The molecule has 0 saturated carbocycles. The number of piperidine rings is 1. The third-order valence-corrected chi connectivity index (χ3v) is 5.97. The second kappa shape index (κ2) is 9.24. The van der Waals surface area contributed by atoms with E-state index in [2.05, 4.69) is 20.3 Å². The number of nitrogens with one attached hydrogen (secondary N) is 2. The maximum absolute atomic E-state index is 12.9. The molecule has 2 aromatic heterocycles. The van der Waals surface area contributed by atoms with Gasteiger partial charge in [-0.3, -0.25) is 9.59 Å². The maximum atomic E-state index is 12.9. The second-order valence-corrected chi connectivity index (χ2v) is 8.27. The van der Waals surface area contributed by atoms with E-state index in [-0.39, 0.29) is 28.8 Å². The van der Waals surface area contributed by atoms with E-state index >= 15 is 0 Å². The van der Waals surface area contributed by atoms with Crippen molar-refractivity contribution in [3.63, 3.8) is 0 Å². The van der Waals surface area contributed by atoms with Crippen LogP contribution < -0.4 is 5.32 Å². The zero-order valence-corrected chi connectivity index (χ0v) is 18.2. The average Bonchev–Trinajstić information content (AvgIpc) is 3.39. The molecule has 2 N–H and O–H groups in total. The van der Waals surface area contributed by atoms with Crippen LogP contribution in [0.1, 0.15) is 41.3 Å². The minimum atomic E-state index is -4.57. The van der Waals surface area contributed by atoms with Gasteiger partial charge in [-0.2, -0.15) is 13.2 Å². The van der Waals surface area contributed by atoms with Crippen LogP contribution in [0.2, 0.25) is 0 Å². The predicted molar refractivity (Wildman–Crippen MR) is 114 cm³/mol. The molecule has 3 aromatic rings. The molecule has 11 heteroatoms. The van der Waals surface area contributed by atoms with E-state index in [9.17, 15) is 22.8 Å². The number of aromatic nitrogens is 4. The Balaban J connectivity index is 1.26. The Kier molecular flexibility index (Phi) is 6.39. The molecule has 4 rings (SSSR count). The van der Waals surface area contributed by atoms with Gasteiger partial charge in [-0.05, 0) is 43.9 Å². The number of imidazole rings is 2. The molecule has 8 nitrogen and oxygen atoms in total. The molecule has 0 bridgehead atoms. The largest absolute Gasteiger partial charge is 0.449 e. The number of H-pyrrole nitrogens is 1. The van der Waals surface area contributed by atoms with Gasteiger partial charge in [0.15, 0.2) is 0 Å². The normalized spacial score (nSPS) is 15.2. The molecule has 2 amide bonds. The number of carbonyl (C=O) groups is 2. The topological polar surface area (TPSA) is 95.9 Å². The molecule has 1 aliphatic heterocycles. The number of amides is 2. The molecule has 1 fully saturated rings. The lowest BCUT2D eigenvalue weighted by atomic mass is 9.93. The number of nitrogens with zero attached hydrogens (tertiary/aromatic N) is 4. The molecule has 0 radical (unpaired) electrons. The fourth-order valence-electron chi connectivity index (χ4n) is 4.09. The van der Waals surface area contributed by atoms with Crippen LogP contribution in [0.15, 0.2) is 30.6 Å². The fraction of sp³-hybridized carbons (Fsp3) is 0.455. The average molecular weight is 462 g/mol. The Hall–Kier alpha value is -3.37. The highest BCUT2D eigenvalue weighted by molar-refractivity contribution is 5.97. The van der Waals surface area contributed by atoms with Crippen LogP contribution in [0.4, 0.5) is 13.2 Å². The Bertz CT molecular complexity index is 1140. The Morgan fingerprint density at radius 1 is 1.24 bits per heavy atom. The van der Waals surface area contributed by atoms with Gasteiger partial charge in [0.1, 0.15) is 5.82 Å². The second-order valence-electron chi connectivity index (χ2n) is 8.27. The summed E-state index contributed by atoms with van der Waals surface area (Å²) in [7, 11) is 0. The lowest BCUT2D eigenvalue weighted by molar-refractivity contribution is -0.144. The molecule has 0 unspecified atom stereocenters. The van der Waals surface area contributed by atoms with E-state index in [4.69, 9.17) is 0 Å². The van der Waals surface area contributed by atoms with Crippen molar-refractivity contribution >= 4 is 22.8 Å². The summed E-state index contributed by atoms with van der Waals surface area (Å²) >= 11 is 0. The molecule has 0 aliphatic carbocycles. The minimum Gasteiger partial charge on any atom is -0.354 e. The molecule has 1 saturated heterocycles. The summed E-state index contributed by atoms with van der Waals surface area (Å²) in [6.45, 7) is 4.10. The number of benzene rings is 1. The Morgan fingerprint density at radius 2 is 2.00 bits per heavy atom. The minimum absolute atomic E-state index is 0.0114. The van der Waals surface area contributed by atoms with E-state index in [0.717, 1.165) is 5.82 Å². The highest BCUT2D eigenvalue weighted by Gasteiger charge is 2.35. The van der Waals surface area contributed by atoms with E-state index in [1.54, 1.807) is 11.1 Å². The van der Waals surface area contributed by atoms with Crippen LogP contribution in [0, 0.1) is 12.8 Å². The lowest BCUT2D eigenvalue weighted by Crippen LogP contribution is -2.39. The summed E-state index contributed by atoms with van der Waals surface area (Å²) in [4.78, 5) is 36.7. The summed E-state index contributed by atoms with van der Waals surface area (Å²) in [5.74, 6) is -0.245. The van der Waals surface area contributed by atoms with E-state index < -0.39 is 12.0 Å². The van der Waals surface area contributed by atoms with Crippen molar-refractivity contribution < 1.29 is 22.8 Å². The highest BCUT2D eigenvalue weighted by Crippen LogP contribution is 2.29. The Labute approximate surface area is 188 Å². The van der Waals surface area contributed by atoms with Crippen molar-refractivity contribution in [2.75, 3.05) is 19.6 Å². The summed E-state index contributed by atoms with van der Waals surface area (Å²) in [5.41, 5.74) is 0.642. The molecule has 176 valence electrons. The SMILES string of the molecule is Cc1nccn1CCNC(=O)CC1CCN(C(=O)c2ccc3nc(C(F)(F)F)[nH]c3c2)CC1. The number of alkyl halides is 3. The van der Waals surface area contributed by atoms with E-state index in [1.165, 1.54) is 18.2 Å². The van der Waals surface area contributed by atoms with Gasteiger partial charge in [0.25, 0.3) is 5.91 Å². The van der Waals surface area contributed by atoms with Crippen molar-refractivity contribution in [1.29, 1.82) is 0 Å². The number of fused-ring (bicyclic) bond motifs is 1. The number of aromatic amines is 1. The first-order chi connectivity index (χ1) is 15.7. The van der Waals surface area contributed by atoms with Crippen LogP contribution >= 0.6 is 0 Å². The first-order valence-electron chi connectivity index (χ1n) is 10.8. The quantitative estimate of drug-likeness (QED) is 0.588. The van der Waals surface area contributed by atoms with Gasteiger partial charge in [0.2, 0.25) is 11.7 Å². The number of aryl methyl sites for hydroxylation is 1. The van der Waals surface area contributed by atoms with Crippen LogP contribution in [0.5, 0.6) is 0 Å². The number of likely N-dealkylation sites (tertiary alicyclic amines) is 1. The third-order valence-electron chi connectivity index (χ3n) is 5.97. The van der Waals surface area contributed by atoms with Gasteiger partial charge < -0.3 is 19.8 Å². The van der Waals surface area contributed by atoms with Crippen LogP contribution in [-0.2, 0) is 17.5 Å². The zero-order chi connectivity index (χ0) is 23.6. The van der Waals surface area contributed by atoms with Crippen molar-refractivity contribution in [3.8, 4) is 0 Å². The number of hydrogen-bond donors (Lipinski definition) is 2. The van der Waals surface area contributed by atoms with Gasteiger partial charge >= 0.3 is 6.18 Å². The summed E-state index contributed by atoms with van der Waals surface area (Å²) < 4.78 is 40.5.